The fourth-order valence-corrected chi connectivity index (χ4v) is 2.26. The van der Waals surface area contributed by atoms with Crippen LogP contribution in [0.5, 0.6) is 0 Å². The summed E-state index contributed by atoms with van der Waals surface area (Å²) < 4.78 is 10.9. The van der Waals surface area contributed by atoms with Crippen LogP contribution in [0.15, 0.2) is 0 Å². The molecule has 0 aromatic rings. The monoisotopic (exact) mass is 347 g/mol. The summed E-state index contributed by atoms with van der Waals surface area (Å²) >= 11 is 0. The highest BCUT2D eigenvalue weighted by Gasteiger charge is 2.16. The third-order valence-electron chi connectivity index (χ3n) is 3.54. The summed E-state index contributed by atoms with van der Waals surface area (Å²) in [5.41, 5.74) is 0. The number of amides is 1. The quantitative estimate of drug-likeness (QED) is 0.591. The Morgan fingerprint density at radius 1 is 1.00 bits per heavy atom. The van der Waals surface area contributed by atoms with E-state index >= 15 is 0 Å². The van der Waals surface area contributed by atoms with Crippen molar-refractivity contribution in [2.24, 2.45) is 0 Å². The number of nitrogens with zero attached hydrogens (tertiary/aromatic N) is 1. The van der Waals surface area contributed by atoms with E-state index in [1.807, 2.05) is 34.7 Å². The van der Waals surface area contributed by atoms with Crippen molar-refractivity contribution in [3.63, 3.8) is 0 Å². The van der Waals surface area contributed by atoms with Crippen LogP contribution in [0.25, 0.3) is 0 Å². The summed E-state index contributed by atoms with van der Waals surface area (Å²) in [4.78, 5) is 13.1. The van der Waals surface area contributed by atoms with Gasteiger partial charge in [0.1, 0.15) is 0 Å². The van der Waals surface area contributed by atoms with Gasteiger partial charge in [-0.3, -0.25) is 4.79 Å². The molecule has 1 rings (SSSR count). The Morgan fingerprint density at radius 3 is 2.04 bits per heavy atom. The normalized spacial score (nSPS) is 14.9. The molecule has 146 valence electrons. The molecule has 0 atom stereocenters. The van der Waals surface area contributed by atoms with E-state index in [1.165, 1.54) is 19.8 Å². The highest BCUT2D eigenvalue weighted by molar-refractivity contribution is 5.72. The molecule has 1 heterocycles. The Morgan fingerprint density at radius 2 is 1.54 bits per heavy atom. The van der Waals surface area contributed by atoms with E-state index < -0.39 is 0 Å². The Balaban J connectivity index is 0. The Labute approximate surface area is 149 Å². The fourth-order valence-electron chi connectivity index (χ4n) is 2.26. The van der Waals surface area contributed by atoms with Crippen molar-refractivity contribution in [1.29, 1.82) is 0 Å². The highest BCUT2D eigenvalue weighted by atomic mass is 16.5. The second-order valence-electron chi connectivity index (χ2n) is 5.11. The van der Waals surface area contributed by atoms with Gasteiger partial charge < -0.3 is 25.0 Å². The van der Waals surface area contributed by atoms with Crippen LogP contribution < -0.4 is 10.6 Å². The van der Waals surface area contributed by atoms with Gasteiger partial charge >= 0.3 is 0 Å². The summed E-state index contributed by atoms with van der Waals surface area (Å²) in [6.45, 7) is 15.9. The lowest BCUT2D eigenvalue weighted by Gasteiger charge is -2.31. The molecule has 0 unspecified atom stereocenters. The van der Waals surface area contributed by atoms with Gasteiger partial charge in [0, 0.05) is 26.1 Å². The molecular weight excluding hydrogens is 306 g/mol. The fraction of sp³-hybridized carbons (Fsp3) is 0.944. The maximum Gasteiger partial charge on any atom is 0.216 e. The van der Waals surface area contributed by atoms with Gasteiger partial charge in [-0.1, -0.05) is 27.7 Å². The minimum absolute atomic E-state index is 0.0214. The summed E-state index contributed by atoms with van der Waals surface area (Å²) in [7, 11) is 2.04. The van der Waals surface area contributed by atoms with E-state index in [0.717, 1.165) is 26.2 Å². The molecule has 6 nitrogen and oxygen atoms in total. The van der Waals surface area contributed by atoms with Crippen molar-refractivity contribution < 1.29 is 14.3 Å². The topological polar surface area (TPSA) is 62.8 Å². The average Bonchev–Trinajstić information content (AvgIpc) is 2.64. The second kappa shape index (κ2) is 20.4. The van der Waals surface area contributed by atoms with Gasteiger partial charge in [0.25, 0.3) is 0 Å². The van der Waals surface area contributed by atoms with E-state index in [-0.39, 0.29) is 5.91 Å². The Hall–Kier alpha value is -0.690. The first-order valence-corrected chi connectivity index (χ1v) is 9.52. The number of hydrogen-bond donors (Lipinski definition) is 2. The number of likely N-dealkylation sites (tertiary alicyclic amines) is 1. The molecule has 1 aliphatic heterocycles. The van der Waals surface area contributed by atoms with Crippen molar-refractivity contribution in [2.75, 3.05) is 59.7 Å². The third kappa shape index (κ3) is 16.2. The first-order chi connectivity index (χ1) is 11.7. The van der Waals surface area contributed by atoms with Crippen molar-refractivity contribution in [1.82, 2.24) is 15.5 Å². The molecule has 0 aromatic carbocycles. The van der Waals surface area contributed by atoms with Gasteiger partial charge in [0.15, 0.2) is 0 Å². The molecule has 1 fully saturated rings. The Bertz CT molecular complexity index is 258. The zero-order valence-electron chi connectivity index (χ0n) is 16.8. The lowest BCUT2D eigenvalue weighted by Crippen LogP contribution is -2.42. The number of carbonyl (C=O) groups is 1. The van der Waals surface area contributed by atoms with Crippen molar-refractivity contribution in [3.8, 4) is 0 Å². The standard InChI is InChI=1S/C14H29N3O3.2C2H6/c1-13(18)16-5-9-19-11-12-20-10-8-17-6-3-14(15-2)4-7-17;2*1-2/h14-15H,3-12H2,1-2H3,(H,16,18);2*1-2H3. The molecule has 0 saturated carbocycles. The largest absolute Gasteiger partial charge is 0.378 e. The lowest BCUT2D eigenvalue weighted by atomic mass is 10.1. The van der Waals surface area contributed by atoms with Crippen LogP contribution in [0, 0.1) is 0 Å². The zero-order valence-corrected chi connectivity index (χ0v) is 16.8. The van der Waals surface area contributed by atoms with Gasteiger partial charge in [0.05, 0.1) is 26.4 Å². The number of nitrogens with one attached hydrogen (secondary N) is 2. The summed E-state index contributed by atoms with van der Waals surface area (Å²) in [5.74, 6) is -0.0214. The van der Waals surface area contributed by atoms with Crippen LogP contribution in [0.3, 0.4) is 0 Å². The van der Waals surface area contributed by atoms with Crippen LogP contribution in [-0.2, 0) is 14.3 Å². The maximum absolute atomic E-state index is 10.6. The van der Waals surface area contributed by atoms with Gasteiger partial charge in [-0.2, -0.15) is 0 Å². The molecule has 2 N–H and O–H groups in total. The average molecular weight is 348 g/mol. The number of ether oxygens (including phenoxy) is 2. The first-order valence-electron chi connectivity index (χ1n) is 9.52. The molecule has 1 saturated heterocycles. The number of rotatable bonds is 10. The van der Waals surface area contributed by atoms with Gasteiger partial charge in [0.2, 0.25) is 5.91 Å². The zero-order chi connectivity index (χ0) is 18.6. The van der Waals surface area contributed by atoms with E-state index in [4.69, 9.17) is 9.47 Å². The lowest BCUT2D eigenvalue weighted by molar-refractivity contribution is -0.119. The van der Waals surface area contributed by atoms with Crippen LogP contribution in [0.4, 0.5) is 0 Å². The van der Waals surface area contributed by atoms with E-state index in [1.54, 1.807) is 0 Å². The molecule has 0 spiro atoms. The highest BCUT2D eigenvalue weighted by Crippen LogP contribution is 2.08. The van der Waals surface area contributed by atoms with Crippen molar-refractivity contribution in [3.05, 3.63) is 0 Å². The van der Waals surface area contributed by atoms with Crippen molar-refractivity contribution in [2.45, 2.75) is 53.5 Å². The molecule has 1 amide bonds. The SMILES string of the molecule is CC.CC.CNC1CCN(CCOCCOCCNC(C)=O)CC1. The second-order valence-corrected chi connectivity index (χ2v) is 5.11. The minimum atomic E-state index is -0.0214. The number of piperidine rings is 1. The van der Waals surface area contributed by atoms with E-state index in [9.17, 15) is 4.79 Å². The Kier molecular flexibility index (Phi) is 21.7. The molecule has 1 aliphatic rings. The summed E-state index contributed by atoms with van der Waals surface area (Å²) in [6, 6.07) is 0.684. The van der Waals surface area contributed by atoms with Crippen LogP contribution in [0.1, 0.15) is 47.5 Å². The summed E-state index contributed by atoms with van der Waals surface area (Å²) in [5, 5.41) is 6.01. The molecule has 0 radical (unpaired) electrons. The van der Waals surface area contributed by atoms with Crippen LogP contribution in [0.2, 0.25) is 0 Å². The molecule has 0 aromatic heterocycles. The first kappa shape index (κ1) is 25.5. The third-order valence-corrected chi connectivity index (χ3v) is 3.54. The predicted octanol–water partition coefficient (Wildman–Crippen LogP) is 1.89. The van der Waals surface area contributed by atoms with Gasteiger partial charge in [-0.05, 0) is 33.0 Å². The van der Waals surface area contributed by atoms with Crippen LogP contribution in [-0.4, -0.2) is 76.5 Å². The van der Waals surface area contributed by atoms with E-state index in [0.29, 0.717) is 32.4 Å². The van der Waals surface area contributed by atoms with Crippen LogP contribution >= 0.6 is 0 Å². The van der Waals surface area contributed by atoms with Gasteiger partial charge in [-0.15, -0.1) is 0 Å². The maximum atomic E-state index is 10.6. The summed E-state index contributed by atoms with van der Waals surface area (Å²) in [6.07, 6.45) is 2.45. The molecular formula is C18H41N3O3. The molecule has 0 bridgehead atoms. The molecule has 0 aliphatic carbocycles. The number of hydrogen-bond acceptors (Lipinski definition) is 5. The van der Waals surface area contributed by atoms with Crippen molar-refractivity contribution >= 4 is 5.91 Å². The minimum Gasteiger partial charge on any atom is -0.378 e. The van der Waals surface area contributed by atoms with Gasteiger partial charge in [-0.25, -0.2) is 0 Å². The predicted molar refractivity (Wildman–Crippen MR) is 102 cm³/mol. The molecule has 6 heteroatoms. The van der Waals surface area contributed by atoms with E-state index in [2.05, 4.69) is 15.5 Å². The number of carbonyl (C=O) groups excluding carboxylic acids is 1. The smallest absolute Gasteiger partial charge is 0.216 e. The molecule has 24 heavy (non-hydrogen) atoms.